The summed E-state index contributed by atoms with van der Waals surface area (Å²) < 4.78 is 5.38. The highest BCUT2D eigenvalue weighted by Crippen LogP contribution is 2.30. The molecule has 1 aromatic carbocycles. The van der Waals surface area contributed by atoms with Crippen molar-refractivity contribution in [3.63, 3.8) is 0 Å². The first-order valence-electron chi connectivity index (χ1n) is 10.4. The number of rotatable bonds is 4. The molecule has 0 spiro atoms. The van der Waals surface area contributed by atoms with Gasteiger partial charge in [0, 0.05) is 49.7 Å². The average molecular weight is 377 g/mol. The maximum Gasteiger partial charge on any atom is 0.138 e. The van der Waals surface area contributed by atoms with Crippen LogP contribution < -0.4 is 0 Å². The average Bonchev–Trinajstić information content (AvgIpc) is 2.88. The first kappa shape index (κ1) is 17.8. The van der Waals surface area contributed by atoms with Crippen molar-refractivity contribution in [1.29, 1.82) is 0 Å². The second-order valence-corrected chi connectivity index (χ2v) is 8.52. The molecule has 5 nitrogen and oxygen atoms in total. The third kappa shape index (κ3) is 3.45. The molecule has 0 aliphatic carbocycles. The molecule has 2 atom stereocenters. The van der Waals surface area contributed by atoms with Gasteiger partial charge in [-0.25, -0.2) is 0 Å². The Hall–Kier alpha value is -2.24. The van der Waals surface area contributed by atoms with Crippen molar-refractivity contribution in [3.05, 3.63) is 59.1 Å². The summed E-state index contributed by atoms with van der Waals surface area (Å²) in [6, 6.07) is 13.4. The van der Waals surface area contributed by atoms with Crippen LogP contribution in [-0.4, -0.2) is 45.6 Å². The lowest BCUT2D eigenvalue weighted by Crippen LogP contribution is -2.43. The van der Waals surface area contributed by atoms with E-state index in [9.17, 15) is 0 Å². The Morgan fingerprint density at radius 1 is 1.00 bits per heavy atom. The molecule has 3 aliphatic heterocycles. The molecule has 3 saturated heterocycles. The molecule has 0 unspecified atom stereocenters. The summed E-state index contributed by atoms with van der Waals surface area (Å²) >= 11 is 0. The van der Waals surface area contributed by atoms with E-state index in [1.807, 2.05) is 6.92 Å². The van der Waals surface area contributed by atoms with E-state index >= 15 is 0 Å². The minimum atomic E-state index is 0.604. The van der Waals surface area contributed by atoms with Crippen LogP contribution in [0.1, 0.15) is 35.6 Å². The van der Waals surface area contributed by atoms with Gasteiger partial charge in [0.15, 0.2) is 0 Å². The molecular weight excluding hydrogens is 348 g/mol. The summed E-state index contributed by atoms with van der Waals surface area (Å²) in [6.07, 6.45) is 2.63. The van der Waals surface area contributed by atoms with Crippen molar-refractivity contribution in [1.82, 2.24) is 19.9 Å². The van der Waals surface area contributed by atoms with Gasteiger partial charge in [0.1, 0.15) is 5.76 Å². The van der Waals surface area contributed by atoms with Crippen molar-refractivity contribution in [2.24, 2.45) is 5.92 Å². The van der Waals surface area contributed by atoms with E-state index in [1.165, 1.54) is 42.6 Å². The summed E-state index contributed by atoms with van der Waals surface area (Å²) in [4.78, 5) is 10.2. The molecule has 2 bridgehead atoms. The molecule has 0 radical (unpaired) electrons. The SMILES string of the molecule is Cc1noc(C)c1CN1C[C@@H]2CC[C@H](C1)N(Cc1ccc3ccccc3n1)C2. The van der Waals surface area contributed by atoms with E-state index in [2.05, 4.69) is 58.3 Å². The van der Waals surface area contributed by atoms with Crippen LogP contribution in [0.25, 0.3) is 10.9 Å². The summed E-state index contributed by atoms with van der Waals surface area (Å²) in [5.41, 5.74) is 4.58. The van der Waals surface area contributed by atoms with Gasteiger partial charge in [-0.2, -0.15) is 0 Å². The van der Waals surface area contributed by atoms with Crippen LogP contribution in [0.5, 0.6) is 0 Å². The van der Waals surface area contributed by atoms with Crippen LogP contribution >= 0.6 is 0 Å². The van der Waals surface area contributed by atoms with Gasteiger partial charge < -0.3 is 4.52 Å². The van der Waals surface area contributed by atoms with Crippen molar-refractivity contribution < 1.29 is 4.52 Å². The molecule has 3 aliphatic rings. The summed E-state index contributed by atoms with van der Waals surface area (Å²) in [5, 5.41) is 5.35. The molecule has 0 amide bonds. The molecule has 5 heteroatoms. The molecule has 5 heterocycles. The zero-order chi connectivity index (χ0) is 19.1. The van der Waals surface area contributed by atoms with Crippen molar-refractivity contribution >= 4 is 10.9 Å². The Balaban J connectivity index is 1.32. The maximum atomic E-state index is 5.38. The van der Waals surface area contributed by atoms with E-state index in [4.69, 9.17) is 9.51 Å². The molecule has 0 saturated carbocycles. The second-order valence-electron chi connectivity index (χ2n) is 8.52. The van der Waals surface area contributed by atoms with Gasteiger partial charge in [0.05, 0.1) is 16.9 Å². The quantitative estimate of drug-likeness (QED) is 0.690. The minimum absolute atomic E-state index is 0.604. The third-order valence-electron chi connectivity index (χ3n) is 6.49. The topological polar surface area (TPSA) is 45.4 Å². The number of hydrogen-bond acceptors (Lipinski definition) is 5. The lowest BCUT2D eigenvalue weighted by Gasteiger charge is -2.36. The minimum Gasteiger partial charge on any atom is -0.361 e. The van der Waals surface area contributed by atoms with E-state index in [1.54, 1.807) is 0 Å². The van der Waals surface area contributed by atoms with Gasteiger partial charge in [-0.15, -0.1) is 0 Å². The summed E-state index contributed by atoms with van der Waals surface area (Å²) in [7, 11) is 0. The molecule has 0 N–H and O–H groups in total. The van der Waals surface area contributed by atoms with Crippen LogP contribution in [0.2, 0.25) is 0 Å². The Morgan fingerprint density at radius 2 is 1.89 bits per heavy atom. The van der Waals surface area contributed by atoms with Crippen molar-refractivity contribution in [2.45, 2.75) is 45.8 Å². The largest absolute Gasteiger partial charge is 0.361 e. The normalized spacial score (nSPS) is 23.4. The number of para-hydroxylation sites is 1. The highest BCUT2D eigenvalue weighted by molar-refractivity contribution is 5.78. The van der Waals surface area contributed by atoms with Gasteiger partial charge in [-0.1, -0.05) is 29.4 Å². The number of aromatic nitrogens is 2. The van der Waals surface area contributed by atoms with E-state index in [0.29, 0.717) is 6.04 Å². The summed E-state index contributed by atoms with van der Waals surface area (Å²) in [5.74, 6) is 1.70. The number of nitrogens with zero attached hydrogens (tertiary/aromatic N) is 4. The number of piperidine rings is 1. The van der Waals surface area contributed by atoms with Crippen LogP contribution in [0.4, 0.5) is 0 Å². The number of benzene rings is 1. The Kier molecular flexibility index (Phi) is 4.65. The highest BCUT2D eigenvalue weighted by atomic mass is 16.5. The Morgan fingerprint density at radius 3 is 2.75 bits per heavy atom. The zero-order valence-corrected chi connectivity index (χ0v) is 16.8. The number of aryl methyl sites for hydroxylation is 2. The molecule has 3 aromatic rings. The van der Waals surface area contributed by atoms with Crippen LogP contribution in [0, 0.1) is 19.8 Å². The van der Waals surface area contributed by atoms with E-state index in [0.717, 1.165) is 42.5 Å². The lowest BCUT2D eigenvalue weighted by atomic mass is 9.95. The van der Waals surface area contributed by atoms with E-state index in [-0.39, 0.29) is 0 Å². The van der Waals surface area contributed by atoms with Gasteiger partial charge in [-0.05, 0) is 44.7 Å². The fourth-order valence-electron chi connectivity index (χ4n) is 4.95. The molecule has 3 fully saturated rings. The van der Waals surface area contributed by atoms with Gasteiger partial charge in [0.2, 0.25) is 0 Å². The Bertz CT molecular complexity index is 962. The first-order chi connectivity index (χ1) is 13.7. The van der Waals surface area contributed by atoms with E-state index < -0.39 is 0 Å². The Labute approximate surface area is 166 Å². The molecule has 6 rings (SSSR count). The highest BCUT2D eigenvalue weighted by Gasteiger charge is 2.35. The van der Waals surface area contributed by atoms with Gasteiger partial charge >= 0.3 is 0 Å². The zero-order valence-electron chi connectivity index (χ0n) is 16.8. The molecular formula is C23H28N4O. The standard InChI is InChI=1S/C23H28N4O/c1-16-22(17(2)28-25-16)15-26-11-18-7-10-21(14-26)27(12-18)13-20-9-8-19-5-3-4-6-23(19)24-20/h3-6,8-9,18,21H,7,10-15H2,1-2H3/t18-,21+/m0/s1. The number of pyridine rings is 1. The molecule has 2 aromatic heterocycles. The van der Waals surface area contributed by atoms with Gasteiger partial charge in [0.25, 0.3) is 0 Å². The fourth-order valence-corrected chi connectivity index (χ4v) is 4.95. The fraction of sp³-hybridized carbons (Fsp3) is 0.478. The maximum absolute atomic E-state index is 5.38. The predicted octanol–water partition coefficient (Wildman–Crippen LogP) is 3.94. The smallest absolute Gasteiger partial charge is 0.138 e. The molecule has 146 valence electrons. The van der Waals surface area contributed by atoms with Crippen LogP contribution in [0.3, 0.4) is 0 Å². The number of fused-ring (bicyclic) bond motifs is 5. The number of hydrogen-bond donors (Lipinski definition) is 0. The van der Waals surface area contributed by atoms with Crippen molar-refractivity contribution in [3.8, 4) is 0 Å². The summed E-state index contributed by atoms with van der Waals surface area (Å²) in [6.45, 7) is 9.45. The van der Waals surface area contributed by atoms with Crippen LogP contribution in [0.15, 0.2) is 40.9 Å². The predicted molar refractivity (Wildman–Crippen MR) is 110 cm³/mol. The van der Waals surface area contributed by atoms with Crippen LogP contribution in [-0.2, 0) is 13.1 Å². The van der Waals surface area contributed by atoms with Crippen molar-refractivity contribution in [2.75, 3.05) is 19.6 Å². The monoisotopic (exact) mass is 376 g/mol. The van der Waals surface area contributed by atoms with Gasteiger partial charge in [-0.3, -0.25) is 14.8 Å². The third-order valence-corrected chi connectivity index (χ3v) is 6.49. The second kappa shape index (κ2) is 7.30. The first-order valence-corrected chi connectivity index (χ1v) is 10.4. The molecule has 28 heavy (non-hydrogen) atoms. The lowest BCUT2D eigenvalue weighted by molar-refractivity contribution is 0.121.